The topological polar surface area (TPSA) is 63.1 Å². The Hall–Kier alpha value is -2.43. The van der Waals surface area contributed by atoms with Gasteiger partial charge in [0.2, 0.25) is 5.95 Å². The summed E-state index contributed by atoms with van der Waals surface area (Å²) >= 11 is 0. The molecule has 0 N–H and O–H groups in total. The minimum atomic E-state index is -1.98. The Balaban J connectivity index is 1.32. The summed E-state index contributed by atoms with van der Waals surface area (Å²) in [4.78, 5) is 18.4. The van der Waals surface area contributed by atoms with Crippen LogP contribution in [0.2, 0.25) is 18.1 Å². The van der Waals surface area contributed by atoms with Crippen molar-refractivity contribution in [1.82, 2.24) is 14.9 Å². The van der Waals surface area contributed by atoms with Gasteiger partial charge in [-0.2, -0.15) is 0 Å². The highest BCUT2D eigenvalue weighted by Crippen LogP contribution is 2.37. The molecule has 0 atom stereocenters. The zero-order valence-corrected chi connectivity index (χ0v) is 22.2. The molecular formula is C25H35F2N5O2Si. The summed E-state index contributed by atoms with van der Waals surface area (Å²) in [5, 5.41) is 4.26. The molecule has 190 valence electrons. The van der Waals surface area contributed by atoms with E-state index in [1.807, 2.05) is 15.9 Å². The molecule has 3 heterocycles. The summed E-state index contributed by atoms with van der Waals surface area (Å²) in [5.41, 5.74) is 2.55. The molecule has 2 aliphatic heterocycles. The molecule has 1 aromatic carbocycles. The summed E-state index contributed by atoms with van der Waals surface area (Å²) in [6.45, 7) is 13.8. The normalized spacial score (nSPS) is 17.2. The van der Waals surface area contributed by atoms with E-state index in [9.17, 15) is 4.39 Å². The molecule has 0 amide bonds. The second kappa shape index (κ2) is 10.3. The van der Waals surface area contributed by atoms with Crippen LogP contribution in [0, 0.1) is 5.82 Å². The van der Waals surface area contributed by atoms with E-state index in [2.05, 4.69) is 49.0 Å². The minimum absolute atomic E-state index is 0.0385. The molecule has 0 radical (unpaired) electrons. The molecule has 2 aliphatic rings. The van der Waals surface area contributed by atoms with E-state index in [4.69, 9.17) is 9.26 Å². The number of oxime groups is 1. The van der Waals surface area contributed by atoms with Crippen LogP contribution in [0.15, 0.2) is 35.7 Å². The first-order chi connectivity index (χ1) is 16.6. The van der Waals surface area contributed by atoms with Gasteiger partial charge in [0.05, 0.1) is 25.4 Å². The fraction of sp³-hybridized carbons (Fsp3) is 0.560. The molecule has 0 bridgehead atoms. The lowest BCUT2D eigenvalue weighted by molar-refractivity contribution is -0.0543. The minimum Gasteiger partial charge on any atom is -0.412 e. The van der Waals surface area contributed by atoms with Crippen LogP contribution >= 0.6 is 0 Å². The molecule has 35 heavy (non-hydrogen) atoms. The summed E-state index contributed by atoms with van der Waals surface area (Å²) < 4.78 is 33.8. The lowest BCUT2D eigenvalue weighted by atomic mass is 10.1. The third kappa shape index (κ3) is 5.87. The number of benzene rings is 1. The molecule has 0 spiro atoms. The van der Waals surface area contributed by atoms with Crippen molar-refractivity contribution in [2.24, 2.45) is 5.16 Å². The van der Waals surface area contributed by atoms with Crippen molar-refractivity contribution in [2.75, 3.05) is 44.3 Å². The molecular weight excluding hydrogens is 468 g/mol. The van der Waals surface area contributed by atoms with Crippen LogP contribution in [0.4, 0.5) is 14.7 Å². The predicted molar refractivity (Wildman–Crippen MR) is 136 cm³/mol. The Morgan fingerprint density at radius 2 is 1.83 bits per heavy atom. The fourth-order valence-corrected chi connectivity index (χ4v) is 4.60. The van der Waals surface area contributed by atoms with Crippen molar-refractivity contribution in [3.8, 4) is 11.1 Å². The van der Waals surface area contributed by atoms with Gasteiger partial charge in [0.15, 0.2) is 14.4 Å². The number of hydrogen-bond donors (Lipinski definition) is 0. The quantitative estimate of drug-likeness (QED) is 0.367. The summed E-state index contributed by atoms with van der Waals surface area (Å²) in [5.74, 6) is 0.280. The van der Waals surface area contributed by atoms with Crippen molar-refractivity contribution in [3.63, 3.8) is 0 Å². The largest absolute Gasteiger partial charge is 0.412 e. The van der Waals surface area contributed by atoms with E-state index in [0.717, 1.165) is 18.8 Å². The van der Waals surface area contributed by atoms with Gasteiger partial charge in [0.25, 0.3) is 0 Å². The van der Waals surface area contributed by atoms with Gasteiger partial charge in [-0.25, -0.2) is 18.7 Å². The van der Waals surface area contributed by atoms with E-state index >= 15 is 4.39 Å². The van der Waals surface area contributed by atoms with Gasteiger partial charge in [-0.05, 0) is 18.1 Å². The average molecular weight is 504 g/mol. The number of hydrogen-bond acceptors (Lipinski definition) is 7. The maximum atomic E-state index is 15.3. The first-order valence-electron chi connectivity index (χ1n) is 12.1. The van der Waals surface area contributed by atoms with Gasteiger partial charge >= 0.3 is 0 Å². The maximum absolute atomic E-state index is 15.3. The van der Waals surface area contributed by atoms with E-state index in [-0.39, 0.29) is 30.2 Å². The molecule has 2 fully saturated rings. The van der Waals surface area contributed by atoms with Crippen LogP contribution in [0.25, 0.3) is 11.1 Å². The number of rotatable bonds is 9. The Morgan fingerprint density at radius 1 is 1.14 bits per heavy atom. The molecule has 4 rings (SSSR count). The SMILES string of the molecule is CC(C)(C)[Si](C)(C)OCc1cccc(-c2cnc(N3CC(=NOC4CN(CCF)C4)C3)nc2)c1F. The van der Waals surface area contributed by atoms with Crippen molar-refractivity contribution in [1.29, 1.82) is 0 Å². The summed E-state index contributed by atoms with van der Waals surface area (Å²) in [7, 11) is -1.98. The van der Waals surface area contributed by atoms with Crippen LogP contribution in [0.5, 0.6) is 0 Å². The van der Waals surface area contributed by atoms with Crippen LogP contribution in [-0.2, 0) is 15.9 Å². The highest BCUT2D eigenvalue weighted by atomic mass is 28.4. The van der Waals surface area contributed by atoms with Crippen LogP contribution in [-0.4, -0.2) is 74.4 Å². The van der Waals surface area contributed by atoms with E-state index in [0.29, 0.717) is 42.3 Å². The maximum Gasteiger partial charge on any atom is 0.225 e. The first-order valence-corrected chi connectivity index (χ1v) is 15.0. The standard InChI is InChI=1S/C25H35F2N5O2Si/c1-25(2,3)35(4,5)33-17-18-7-6-8-22(23(18)27)19-11-28-24(29-12-19)32-13-20(14-32)30-34-21-15-31(16-21)10-9-26/h6-8,11-12,21H,9-10,13-17H2,1-5H3. The van der Waals surface area contributed by atoms with Gasteiger partial charge < -0.3 is 14.2 Å². The van der Waals surface area contributed by atoms with Crippen molar-refractivity contribution >= 4 is 20.0 Å². The van der Waals surface area contributed by atoms with Gasteiger partial charge in [-0.1, -0.05) is 44.1 Å². The second-order valence-electron chi connectivity index (χ2n) is 10.8. The summed E-state index contributed by atoms with van der Waals surface area (Å²) in [6, 6.07) is 5.35. The van der Waals surface area contributed by atoms with E-state index < -0.39 is 8.32 Å². The third-order valence-electron chi connectivity index (χ3n) is 7.11. The Morgan fingerprint density at radius 3 is 2.46 bits per heavy atom. The molecule has 1 aromatic heterocycles. The van der Waals surface area contributed by atoms with Crippen molar-refractivity contribution < 1.29 is 18.0 Å². The zero-order chi connectivity index (χ0) is 25.2. The molecule has 0 saturated carbocycles. The highest BCUT2D eigenvalue weighted by Gasteiger charge is 2.37. The predicted octanol–water partition coefficient (Wildman–Crippen LogP) is 4.65. The number of aromatic nitrogens is 2. The van der Waals surface area contributed by atoms with Crippen LogP contribution in [0.1, 0.15) is 26.3 Å². The zero-order valence-electron chi connectivity index (χ0n) is 21.2. The number of alkyl halides is 1. The van der Waals surface area contributed by atoms with E-state index in [1.54, 1.807) is 24.5 Å². The van der Waals surface area contributed by atoms with Crippen molar-refractivity contribution in [3.05, 3.63) is 42.0 Å². The fourth-order valence-electron chi connectivity index (χ4n) is 3.65. The van der Waals surface area contributed by atoms with E-state index in [1.165, 1.54) is 0 Å². The molecule has 7 nitrogen and oxygen atoms in total. The van der Waals surface area contributed by atoms with Gasteiger partial charge in [-0.15, -0.1) is 0 Å². The molecule has 10 heteroatoms. The molecule has 2 saturated heterocycles. The lowest BCUT2D eigenvalue weighted by Gasteiger charge is -2.37. The molecule has 0 aliphatic carbocycles. The summed E-state index contributed by atoms with van der Waals surface area (Å²) in [6.07, 6.45) is 3.34. The average Bonchev–Trinajstić information content (AvgIpc) is 2.75. The number of nitrogens with zero attached hydrogens (tertiary/aromatic N) is 5. The van der Waals surface area contributed by atoms with Crippen molar-refractivity contribution in [2.45, 2.75) is 51.6 Å². The Kier molecular flexibility index (Phi) is 7.53. The van der Waals surface area contributed by atoms with Crippen LogP contribution < -0.4 is 4.90 Å². The van der Waals surface area contributed by atoms with Gasteiger partial charge in [0, 0.05) is 48.7 Å². The Bertz CT molecular complexity index is 1040. The monoisotopic (exact) mass is 503 g/mol. The lowest BCUT2D eigenvalue weighted by Crippen LogP contribution is -2.53. The highest BCUT2D eigenvalue weighted by molar-refractivity contribution is 6.74. The van der Waals surface area contributed by atoms with Crippen LogP contribution in [0.3, 0.4) is 0 Å². The van der Waals surface area contributed by atoms with Gasteiger partial charge in [-0.3, -0.25) is 4.90 Å². The number of halogens is 2. The first kappa shape index (κ1) is 25.7. The molecule has 2 aromatic rings. The Labute approximate surface area is 207 Å². The molecule has 0 unspecified atom stereocenters. The number of likely N-dealkylation sites (tertiary alicyclic amines) is 1. The number of anilines is 1. The van der Waals surface area contributed by atoms with Gasteiger partial charge in [0.1, 0.15) is 12.5 Å². The second-order valence-corrected chi connectivity index (χ2v) is 15.6. The third-order valence-corrected chi connectivity index (χ3v) is 11.6. The smallest absolute Gasteiger partial charge is 0.225 e.